The Balaban J connectivity index is 1.15. The van der Waals surface area contributed by atoms with Crippen LogP contribution in [-0.4, -0.2) is 21.4 Å². The van der Waals surface area contributed by atoms with Crippen molar-refractivity contribution in [1.29, 1.82) is 0 Å². The molecular formula is C36H29NO4. The first-order valence-corrected chi connectivity index (χ1v) is 13.7. The molecule has 5 nitrogen and oxygen atoms in total. The maximum atomic E-state index is 12.7. The molecule has 202 valence electrons. The number of benzene rings is 5. The molecule has 6 aromatic rings. The van der Waals surface area contributed by atoms with Crippen molar-refractivity contribution in [2.24, 2.45) is 0 Å². The van der Waals surface area contributed by atoms with Gasteiger partial charge in [-0.3, -0.25) is 9.59 Å². The lowest BCUT2D eigenvalue weighted by molar-refractivity contribution is -0.137. The fourth-order valence-electron chi connectivity index (χ4n) is 5.43. The first-order valence-electron chi connectivity index (χ1n) is 13.7. The van der Waals surface area contributed by atoms with Gasteiger partial charge in [0.25, 0.3) is 0 Å². The Morgan fingerprint density at radius 2 is 1.24 bits per heavy atom. The van der Waals surface area contributed by atoms with Crippen molar-refractivity contribution in [2.75, 3.05) is 0 Å². The SMILES string of the molecule is O=C(O)CC(CC(=O)c1ccccc1)c1ccc(OCc2ccc(-n3c4ccccc4c4ccccc43)cc2)cc1. The molecule has 6 rings (SSSR count). The number of carbonyl (C=O) groups excluding carboxylic acids is 1. The van der Waals surface area contributed by atoms with Crippen molar-refractivity contribution in [3.63, 3.8) is 0 Å². The lowest BCUT2D eigenvalue weighted by atomic mass is 9.89. The Morgan fingerprint density at radius 3 is 1.85 bits per heavy atom. The normalized spacial score (nSPS) is 11.9. The summed E-state index contributed by atoms with van der Waals surface area (Å²) < 4.78 is 8.32. The molecule has 0 saturated heterocycles. The van der Waals surface area contributed by atoms with Crippen LogP contribution in [0.2, 0.25) is 0 Å². The van der Waals surface area contributed by atoms with Crippen molar-refractivity contribution in [1.82, 2.24) is 4.57 Å². The molecule has 0 aliphatic heterocycles. The number of rotatable bonds is 10. The number of carboxylic acid groups (broad SMARTS) is 1. The number of nitrogens with zero attached hydrogens (tertiary/aromatic N) is 1. The largest absolute Gasteiger partial charge is 0.489 e. The van der Waals surface area contributed by atoms with E-state index in [4.69, 9.17) is 4.74 Å². The Kier molecular flexibility index (Phi) is 7.33. The zero-order valence-electron chi connectivity index (χ0n) is 22.4. The summed E-state index contributed by atoms with van der Waals surface area (Å²) in [6, 6.07) is 41.6. The fourth-order valence-corrected chi connectivity index (χ4v) is 5.43. The van der Waals surface area contributed by atoms with Crippen LogP contribution >= 0.6 is 0 Å². The van der Waals surface area contributed by atoms with Crippen molar-refractivity contribution in [2.45, 2.75) is 25.4 Å². The highest BCUT2D eigenvalue weighted by Gasteiger charge is 2.20. The molecule has 0 aliphatic carbocycles. The average molecular weight is 540 g/mol. The molecule has 1 atom stereocenters. The van der Waals surface area contributed by atoms with Crippen LogP contribution in [0.25, 0.3) is 27.5 Å². The van der Waals surface area contributed by atoms with E-state index in [-0.39, 0.29) is 18.6 Å². The van der Waals surface area contributed by atoms with Crippen LogP contribution in [0, 0.1) is 0 Å². The average Bonchev–Trinajstić information content (AvgIpc) is 3.35. The molecule has 0 bridgehead atoms. The van der Waals surface area contributed by atoms with E-state index >= 15 is 0 Å². The summed E-state index contributed by atoms with van der Waals surface area (Å²) in [5.74, 6) is -0.728. The van der Waals surface area contributed by atoms with Gasteiger partial charge >= 0.3 is 5.97 Å². The molecule has 41 heavy (non-hydrogen) atoms. The number of ketones is 1. The molecule has 1 heterocycles. The van der Waals surface area contributed by atoms with Gasteiger partial charge < -0.3 is 14.4 Å². The summed E-state index contributed by atoms with van der Waals surface area (Å²) in [4.78, 5) is 24.3. The van der Waals surface area contributed by atoms with E-state index in [9.17, 15) is 14.7 Å². The maximum absolute atomic E-state index is 12.7. The van der Waals surface area contributed by atoms with Gasteiger partial charge in [-0.1, -0.05) is 91.0 Å². The van der Waals surface area contributed by atoms with Crippen LogP contribution in [0.1, 0.15) is 40.2 Å². The number of fused-ring (bicyclic) bond motifs is 3. The summed E-state index contributed by atoms with van der Waals surface area (Å²) in [5, 5.41) is 11.9. The number of aromatic nitrogens is 1. The minimum Gasteiger partial charge on any atom is -0.489 e. The van der Waals surface area contributed by atoms with E-state index in [1.165, 1.54) is 21.8 Å². The number of Topliss-reactive ketones (excluding diaryl/α,β-unsaturated/α-hetero) is 1. The second kappa shape index (κ2) is 11.5. The molecule has 0 aliphatic rings. The zero-order chi connectivity index (χ0) is 28.2. The van der Waals surface area contributed by atoms with Gasteiger partial charge in [-0.15, -0.1) is 0 Å². The Morgan fingerprint density at radius 1 is 0.659 bits per heavy atom. The number of carboxylic acids is 1. The fraction of sp³-hybridized carbons (Fsp3) is 0.111. The van der Waals surface area contributed by atoms with E-state index in [1.54, 1.807) is 12.1 Å². The predicted molar refractivity (Wildman–Crippen MR) is 162 cm³/mol. The van der Waals surface area contributed by atoms with Crippen molar-refractivity contribution in [3.05, 3.63) is 144 Å². The Labute approximate surface area is 238 Å². The topological polar surface area (TPSA) is 68.5 Å². The second-order valence-corrected chi connectivity index (χ2v) is 10.2. The van der Waals surface area contributed by atoms with Crippen molar-refractivity contribution < 1.29 is 19.4 Å². The van der Waals surface area contributed by atoms with Crippen molar-refractivity contribution >= 4 is 33.6 Å². The third kappa shape index (κ3) is 5.61. The van der Waals surface area contributed by atoms with Gasteiger partial charge in [-0.25, -0.2) is 0 Å². The van der Waals surface area contributed by atoms with Gasteiger partial charge in [0.1, 0.15) is 12.4 Å². The van der Waals surface area contributed by atoms with Crippen LogP contribution < -0.4 is 4.74 Å². The first kappa shape index (κ1) is 26.1. The number of ether oxygens (including phenoxy) is 1. The van der Waals surface area contributed by atoms with Gasteiger partial charge in [0.2, 0.25) is 0 Å². The number of carbonyl (C=O) groups is 2. The van der Waals surface area contributed by atoms with Crippen LogP contribution in [0.5, 0.6) is 5.75 Å². The van der Waals surface area contributed by atoms with Crippen LogP contribution in [0.4, 0.5) is 0 Å². The molecule has 1 N–H and O–H groups in total. The summed E-state index contributed by atoms with van der Waals surface area (Å²) >= 11 is 0. The van der Waals surface area contributed by atoms with Gasteiger partial charge in [0, 0.05) is 34.4 Å². The molecule has 0 spiro atoms. The van der Waals surface area contributed by atoms with Gasteiger partial charge in [-0.05, 0) is 47.5 Å². The molecule has 0 amide bonds. The van der Waals surface area contributed by atoms with E-state index in [0.717, 1.165) is 16.8 Å². The second-order valence-electron chi connectivity index (χ2n) is 10.2. The highest BCUT2D eigenvalue weighted by Crippen LogP contribution is 2.32. The lowest BCUT2D eigenvalue weighted by Crippen LogP contribution is -2.12. The lowest BCUT2D eigenvalue weighted by Gasteiger charge is -2.16. The molecule has 1 aromatic heterocycles. The zero-order valence-corrected chi connectivity index (χ0v) is 22.4. The van der Waals surface area contributed by atoms with Crippen LogP contribution in [0.3, 0.4) is 0 Å². The molecule has 0 radical (unpaired) electrons. The van der Waals surface area contributed by atoms with E-state index in [2.05, 4.69) is 77.4 Å². The smallest absolute Gasteiger partial charge is 0.303 e. The quantitative estimate of drug-likeness (QED) is 0.178. The van der Waals surface area contributed by atoms with Crippen LogP contribution in [-0.2, 0) is 11.4 Å². The highest BCUT2D eigenvalue weighted by atomic mass is 16.5. The summed E-state index contributed by atoms with van der Waals surface area (Å²) in [5.41, 5.74) is 5.86. The van der Waals surface area contributed by atoms with Crippen LogP contribution in [0.15, 0.2) is 127 Å². The van der Waals surface area contributed by atoms with Gasteiger partial charge in [0.05, 0.1) is 17.5 Å². The molecule has 0 saturated carbocycles. The summed E-state index contributed by atoms with van der Waals surface area (Å²) in [6.45, 7) is 0.401. The predicted octanol–water partition coefficient (Wildman–Crippen LogP) is 8.19. The standard InChI is InChI=1S/C36H29NO4/c38-35(27-8-2-1-3-9-27)22-28(23-36(39)40)26-16-20-30(21-17-26)41-24-25-14-18-29(19-15-25)37-33-12-6-4-10-31(33)32-11-5-7-13-34(32)37/h1-21,28H,22-24H2,(H,39,40). The molecular weight excluding hydrogens is 510 g/mol. The number of para-hydroxylation sites is 2. The molecule has 1 unspecified atom stereocenters. The first-order chi connectivity index (χ1) is 20.1. The highest BCUT2D eigenvalue weighted by molar-refractivity contribution is 6.09. The molecule has 5 heteroatoms. The van der Waals surface area contributed by atoms with E-state index < -0.39 is 11.9 Å². The third-order valence-electron chi connectivity index (χ3n) is 7.48. The number of aliphatic carboxylic acids is 1. The Bertz CT molecular complexity index is 1770. The van der Waals surface area contributed by atoms with E-state index in [1.807, 2.05) is 42.5 Å². The Hall–Kier alpha value is -5.16. The van der Waals surface area contributed by atoms with Gasteiger partial charge in [0.15, 0.2) is 5.78 Å². The summed E-state index contributed by atoms with van der Waals surface area (Å²) in [7, 11) is 0. The maximum Gasteiger partial charge on any atom is 0.303 e. The minimum atomic E-state index is -0.930. The number of hydrogen-bond donors (Lipinski definition) is 1. The third-order valence-corrected chi connectivity index (χ3v) is 7.48. The van der Waals surface area contributed by atoms with E-state index in [0.29, 0.717) is 17.9 Å². The number of hydrogen-bond acceptors (Lipinski definition) is 3. The monoisotopic (exact) mass is 539 g/mol. The molecule has 0 fully saturated rings. The van der Waals surface area contributed by atoms with Gasteiger partial charge in [-0.2, -0.15) is 0 Å². The summed E-state index contributed by atoms with van der Waals surface area (Å²) in [6.07, 6.45) is 0.0198. The minimum absolute atomic E-state index is 0.0680. The van der Waals surface area contributed by atoms with Crippen molar-refractivity contribution in [3.8, 4) is 11.4 Å². The molecule has 5 aromatic carbocycles.